The van der Waals surface area contributed by atoms with E-state index in [0.29, 0.717) is 24.2 Å². The molecule has 36 heavy (non-hydrogen) atoms. The van der Waals surface area contributed by atoms with Gasteiger partial charge in [-0.15, -0.1) is 0 Å². The summed E-state index contributed by atoms with van der Waals surface area (Å²) in [5, 5.41) is 23.6. The number of nitriles is 1. The maximum absolute atomic E-state index is 13.2. The minimum Gasteiger partial charge on any atom is -0.430 e. The lowest BCUT2D eigenvalue weighted by Gasteiger charge is -2.40. The molecule has 0 radical (unpaired) electrons. The van der Waals surface area contributed by atoms with Crippen molar-refractivity contribution < 1.29 is 23.1 Å². The smallest absolute Gasteiger partial charge is 0.317 e. The maximum atomic E-state index is 13.2. The van der Waals surface area contributed by atoms with Gasteiger partial charge in [0.05, 0.1) is 24.9 Å². The molecule has 0 saturated carbocycles. The predicted molar refractivity (Wildman–Crippen MR) is 136 cm³/mol. The lowest BCUT2D eigenvalue weighted by Crippen LogP contribution is -2.45. The van der Waals surface area contributed by atoms with Gasteiger partial charge < -0.3 is 15.2 Å². The van der Waals surface area contributed by atoms with Gasteiger partial charge in [0.1, 0.15) is 11.8 Å². The highest BCUT2D eigenvalue weighted by atomic mass is 32.2. The summed E-state index contributed by atoms with van der Waals surface area (Å²) in [6.45, 7) is 3.92. The Balaban J connectivity index is 1.66. The first-order valence-corrected chi connectivity index (χ1v) is 13.7. The third kappa shape index (κ3) is 5.04. The number of aliphatic hydroxyl groups excluding tert-OH is 1. The van der Waals surface area contributed by atoms with Crippen molar-refractivity contribution >= 4 is 28.0 Å². The first-order valence-electron chi connectivity index (χ1n) is 12.2. The topological polar surface area (TPSA) is 141 Å². The summed E-state index contributed by atoms with van der Waals surface area (Å²) in [4.78, 5) is 15.1. The third-order valence-electron chi connectivity index (χ3n) is 6.97. The van der Waals surface area contributed by atoms with Crippen LogP contribution in [0.1, 0.15) is 51.0 Å². The highest BCUT2D eigenvalue weighted by molar-refractivity contribution is 7.94. The summed E-state index contributed by atoms with van der Waals surface area (Å²) in [6, 6.07) is 8.55. The highest BCUT2D eigenvalue weighted by Gasteiger charge is 2.48. The standard InChI is InChI=1S/C26H32N4O5S/c1-17(2)12-21(23-24(31)20-10-5-3-4-6-11-22(20)35-25(23)32)18-8-7-9-19(13-18)30-36(33,34)26(14-27)15-28-16-29-26/h4,6-9,11,13,16-17,20-21,23-24,30-31H,3,5,10,12,15H2,1-2H3,(H,28,29). The molecule has 1 fully saturated rings. The van der Waals surface area contributed by atoms with E-state index in [-0.39, 0.29) is 24.1 Å². The number of carbonyl (C=O) groups excluding carboxylic acids is 1. The Bertz CT molecular complexity index is 1230. The number of ether oxygens (including phenoxy) is 1. The van der Waals surface area contributed by atoms with Crippen LogP contribution in [0.2, 0.25) is 0 Å². The summed E-state index contributed by atoms with van der Waals surface area (Å²) >= 11 is 0. The second kappa shape index (κ2) is 10.4. The van der Waals surface area contributed by atoms with Crippen LogP contribution in [0.3, 0.4) is 0 Å². The van der Waals surface area contributed by atoms with Gasteiger partial charge in [-0.1, -0.05) is 38.1 Å². The molecule has 2 aliphatic heterocycles. The zero-order chi connectivity index (χ0) is 25.9. The number of carbonyl (C=O) groups is 1. The number of anilines is 1. The quantitative estimate of drug-likeness (QED) is 0.477. The molecular weight excluding hydrogens is 480 g/mol. The van der Waals surface area contributed by atoms with Crippen molar-refractivity contribution in [3.63, 3.8) is 0 Å². The lowest BCUT2D eigenvalue weighted by atomic mass is 9.72. The Hall–Kier alpha value is -3.16. The van der Waals surface area contributed by atoms with Crippen LogP contribution in [0.25, 0.3) is 0 Å². The van der Waals surface area contributed by atoms with Gasteiger partial charge in [0.25, 0.3) is 14.9 Å². The lowest BCUT2D eigenvalue weighted by molar-refractivity contribution is -0.160. The molecule has 10 heteroatoms. The molecule has 0 amide bonds. The van der Waals surface area contributed by atoms with Crippen molar-refractivity contribution in [1.82, 2.24) is 5.32 Å². The molecule has 1 saturated heterocycles. The van der Waals surface area contributed by atoms with Crippen molar-refractivity contribution in [1.29, 1.82) is 5.26 Å². The maximum Gasteiger partial charge on any atom is 0.317 e. The van der Waals surface area contributed by atoms with Crippen LogP contribution >= 0.6 is 0 Å². The fourth-order valence-electron chi connectivity index (χ4n) is 5.15. The van der Waals surface area contributed by atoms with Crippen LogP contribution in [-0.4, -0.2) is 43.4 Å². The number of allylic oxidation sites excluding steroid dienone is 3. The Labute approximate surface area is 212 Å². The SMILES string of the molecule is CC(C)CC(c1cccc(NS(=O)(=O)C2(C#N)CNC=N2)c1)C1C(=O)OC2=CC=CCCCC2C1O. The molecule has 1 aliphatic carbocycles. The number of hydrogen-bond acceptors (Lipinski definition) is 8. The Morgan fingerprint density at radius 2 is 2.19 bits per heavy atom. The third-order valence-corrected chi connectivity index (χ3v) is 8.70. The molecule has 2 heterocycles. The molecule has 5 unspecified atom stereocenters. The van der Waals surface area contributed by atoms with Crippen molar-refractivity contribution in [2.24, 2.45) is 22.7 Å². The Morgan fingerprint density at radius 1 is 1.39 bits per heavy atom. The summed E-state index contributed by atoms with van der Waals surface area (Å²) in [7, 11) is -4.19. The minimum atomic E-state index is -4.19. The van der Waals surface area contributed by atoms with E-state index in [1.54, 1.807) is 30.3 Å². The van der Waals surface area contributed by atoms with E-state index in [9.17, 15) is 23.6 Å². The number of hydrogen-bond donors (Lipinski definition) is 3. The number of nitrogens with one attached hydrogen (secondary N) is 2. The van der Waals surface area contributed by atoms with Gasteiger partial charge in [-0.05, 0) is 55.4 Å². The van der Waals surface area contributed by atoms with Crippen LogP contribution in [0.15, 0.2) is 53.2 Å². The number of benzene rings is 1. The van der Waals surface area contributed by atoms with E-state index in [0.717, 1.165) is 12.8 Å². The molecule has 0 spiro atoms. The normalized spacial score (nSPS) is 28.7. The van der Waals surface area contributed by atoms with Crippen molar-refractivity contribution in [2.75, 3.05) is 11.3 Å². The summed E-state index contributed by atoms with van der Waals surface area (Å²) in [5.41, 5.74) is 0.968. The predicted octanol–water partition coefficient (Wildman–Crippen LogP) is 3.18. The average Bonchev–Trinajstić information content (AvgIpc) is 3.31. The number of fused-ring (bicyclic) bond motifs is 1. The zero-order valence-corrected chi connectivity index (χ0v) is 21.2. The molecule has 3 N–H and O–H groups in total. The van der Waals surface area contributed by atoms with Crippen LogP contribution in [0.5, 0.6) is 0 Å². The van der Waals surface area contributed by atoms with Crippen LogP contribution in [-0.2, 0) is 19.6 Å². The van der Waals surface area contributed by atoms with E-state index >= 15 is 0 Å². The van der Waals surface area contributed by atoms with Gasteiger partial charge >= 0.3 is 5.97 Å². The van der Waals surface area contributed by atoms with Gasteiger partial charge in [0.15, 0.2) is 0 Å². The molecule has 1 aromatic rings. The van der Waals surface area contributed by atoms with Gasteiger partial charge in [-0.2, -0.15) is 5.26 Å². The number of nitrogens with zero attached hydrogens (tertiary/aromatic N) is 2. The van der Waals surface area contributed by atoms with Crippen LogP contribution in [0.4, 0.5) is 5.69 Å². The van der Waals surface area contributed by atoms with E-state index < -0.39 is 38.8 Å². The number of rotatable bonds is 7. The molecule has 0 aromatic heterocycles. The summed E-state index contributed by atoms with van der Waals surface area (Å²) in [5.74, 6) is -1.25. The number of sulfonamides is 1. The molecule has 5 atom stereocenters. The van der Waals surface area contributed by atoms with E-state index in [1.165, 1.54) is 6.34 Å². The highest BCUT2D eigenvalue weighted by Crippen LogP contribution is 2.43. The summed E-state index contributed by atoms with van der Waals surface area (Å²) < 4.78 is 34.3. The second-order valence-electron chi connectivity index (χ2n) is 9.97. The fourth-order valence-corrected chi connectivity index (χ4v) is 6.34. The number of aliphatic hydroxyl groups is 1. The van der Waals surface area contributed by atoms with Crippen molar-refractivity contribution in [3.8, 4) is 6.07 Å². The van der Waals surface area contributed by atoms with Crippen molar-refractivity contribution in [2.45, 2.75) is 56.4 Å². The molecular formula is C26H32N4O5S. The fraction of sp³-hybridized carbons (Fsp3) is 0.500. The molecule has 9 nitrogen and oxygen atoms in total. The zero-order valence-electron chi connectivity index (χ0n) is 20.4. The van der Waals surface area contributed by atoms with E-state index in [1.807, 2.05) is 32.1 Å². The number of esters is 1. The molecule has 4 rings (SSSR count). The van der Waals surface area contributed by atoms with Gasteiger partial charge in [0, 0.05) is 17.5 Å². The van der Waals surface area contributed by atoms with Gasteiger partial charge in [0.2, 0.25) is 0 Å². The minimum absolute atomic E-state index is 0.152. The van der Waals surface area contributed by atoms with Gasteiger partial charge in [-0.25, -0.2) is 13.4 Å². The first-order chi connectivity index (χ1) is 17.2. The monoisotopic (exact) mass is 512 g/mol. The molecule has 0 bridgehead atoms. The van der Waals surface area contributed by atoms with E-state index in [4.69, 9.17) is 4.74 Å². The van der Waals surface area contributed by atoms with Crippen LogP contribution < -0.4 is 10.0 Å². The Kier molecular flexibility index (Phi) is 7.52. The Morgan fingerprint density at radius 3 is 2.89 bits per heavy atom. The van der Waals surface area contributed by atoms with Gasteiger partial charge in [-0.3, -0.25) is 9.52 Å². The molecule has 3 aliphatic rings. The number of aliphatic imine (C=N–C) groups is 1. The molecule has 192 valence electrons. The van der Waals surface area contributed by atoms with Crippen LogP contribution in [0, 0.1) is 29.1 Å². The van der Waals surface area contributed by atoms with Crippen molar-refractivity contribution in [3.05, 3.63) is 53.8 Å². The largest absolute Gasteiger partial charge is 0.430 e. The molecule has 1 aromatic carbocycles. The average molecular weight is 513 g/mol. The van der Waals surface area contributed by atoms with E-state index in [2.05, 4.69) is 15.0 Å². The second-order valence-corrected chi connectivity index (χ2v) is 11.9. The first kappa shape index (κ1) is 25.9. The summed E-state index contributed by atoms with van der Waals surface area (Å²) in [6.07, 6.45) is 9.01.